The average Bonchev–Trinajstić information content (AvgIpc) is 3.17. The molecule has 0 saturated carbocycles. The summed E-state index contributed by atoms with van der Waals surface area (Å²) in [6, 6.07) is 12.8. The number of para-hydroxylation sites is 1. The fraction of sp³-hybridized carbons (Fsp3) is 0.381. The van der Waals surface area contributed by atoms with E-state index in [1.165, 1.54) is 6.07 Å². The number of rotatable bonds is 5. The molecule has 1 N–H and O–H groups in total. The van der Waals surface area contributed by atoms with E-state index in [0.29, 0.717) is 12.2 Å². The van der Waals surface area contributed by atoms with Crippen LogP contribution in [0.3, 0.4) is 0 Å². The maximum absolute atomic E-state index is 14.1. The summed E-state index contributed by atoms with van der Waals surface area (Å²) in [6.45, 7) is 6.63. The molecule has 3 aromatic rings. The molecule has 1 aliphatic heterocycles. The van der Waals surface area contributed by atoms with Gasteiger partial charge in [0.2, 0.25) is 0 Å². The number of hydrogen-bond acceptors (Lipinski definition) is 4. The minimum Gasteiger partial charge on any atom is -0.366 e. The molecule has 8 heteroatoms. The van der Waals surface area contributed by atoms with Crippen LogP contribution < -0.4 is 10.2 Å². The molecule has 0 radical (unpaired) electrons. The monoisotopic (exact) mass is 395 g/mol. The van der Waals surface area contributed by atoms with Crippen LogP contribution in [0.15, 0.2) is 53.7 Å². The van der Waals surface area contributed by atoms with Crippen LogP contribution in [-0.2, 0) is 6.42 Å². The highest BCUT2D eigenvalue weighted by Crippen LogP contribution is 2.20. The van der Waals surface area contributed by atoms with Crippen LogP contribution in [0.4, 0.5) is 10.1 Å². The molecule has 0 unspecified atom stereocenters. The fourth-order valence-electron chi connectivity index (χ4n) is 3.62. The number of pyridine rings is 1. The first-order valence-corrected chi connectivity index (χ1v) is 10.1. The zero-order chi connectivity index (χ0) is 20.1. The summed E-state index contributed by atoms with van der Waals surface area (Å²) < 4.78 is 16.1. The molecule has 0 atom stereocenters. The third kappa shape index (κ3) is 4.31. The Hall–Kier alpha value is -3.16. The highest BCUT2D eigenvalue weighted by atomic mass is 19.1. The lowest BCUT2D eigenvalue weighted by Gasteiger charge is -2.37. The first-order chi connectivity index (χ1) is 14.3. The van der Waals surface area contributed by atoms with E-state index in [4.69, 9.17) is 4.99 Å². The molecule has 0 bridgehead atoms. The summed E-state index contributed by atoms with van der Waals surface area (Å²) >= 11 is 0. The highest BCUT2D eigenvalue weighted by Gasteiger charge is 2.21. The van der Waals surface area contributed by atoms with Crippen molar-refractivity contribution in [2.45, 2.75) is 13.3 Å². The minimum atomic E-state index is -0.165. The Labute approximate surface area is 169 Å². The standard InChI is InChI=1S/C21H26FN7/c1-2-23-21(24-11-10-20-26-25-19-9-5-6-12-29(19)20)28-15-13-27(14-16-28)18-8-4-3-7-17(18)22/h3-9,12H,2,10-11,13-16H2,1H3,(H,23,24). The minimum absolute atomic E-state index is 0.165. The summed E-state index contributed by atoms with van der Waals surface area (Å²) in [5.41, 5.74) is 1.52. The Balaban J connectivity index is 1.38. The second-order valence-corrected chi connectivity index (χ2v) is 6.96. The zero-order valence-corrected chi connectivity index (χ0v) is 16.6. The predicted octanol–water partition coefficient (Wildman–Crippen LogP) is 2.20. The van der Waals surface area contributed by atoms with Crippen LogP contribution in [-0.4, -0.2) is 64.7 Å². The Bertz CT molecular complexity index is 976. The van der Waals surface area contributed by atoms with E-state index < -0.39 is 0 Å². The van der Waals surface area contributed by atoms with Gasteiger partial charge >= 0.3 is 0 Å². The molecule has 3 heterocycles. The number of nitrogens with zero attached hydrogens (tertiary/aromatic N) is 6. The molecule has 152 valence electrons. The van der Waals surface area contributed by atoms with Crippen LogP contribution in [0.25, 0.3) is 5.65 Å². The van der Waals surface area contributed by atoms with Gasteiger partial charge in [-0.25, -0.2) is 4.39 Å². The van der Waals surface area contributed by atoms with Crippen LogP contribution in [0.2, 0.25) is 0 Å². The topological polar surface area (TPSA) is 61.1 Å². The van der Waals surface area contributed by atoms with Gasteiger partial charge in [-0.15, -0.1) is 10.2 Å². The van der Waals surface area contributed by atoms with Crippen molar-refractivity contribution in [3.63, 3.8) is 0 Å². The van der Waals surface area contributed by atoms with Crippen molar-refractivity contribution in [1.82, 2.24) is 24.8 Å². The Morgan fingerprint density at radius 1 is 1.07 bits per heavy atom. The van der Waals surface area contributed by atoms with E-state index in [1.54, 1.807) is 6.07 Å². The lowest BCUT2D eigenvalue weighted by atomic mass is 10.2. The Morgan fingerprint density at radius 3 is 2.66 bits per heavy atom. The maximum atomic E-state index is 14.1. The first-order valence-electron chi connectivity index (χ1n) is 10.1. The van der Waals surface area contributed by atoms with Crippen LogP contribution in [0.5, 0.6) is 0 Å². The van der Waals surface area contributed by atoms with Crippen molar-refractivity contribution in [2.24, 2.45) is 4.99 Å². The summed E-state index contributed by atoms with van der Waals surface area (Å²) in [5, 5.41) is 11.8. The normalized spacial score (nSPS) is 15.2. The number of fused-ring (bicyclic) bond motifs is 1. The second kappa shape index (κ2) is 8.89. The smallest absolute Gasteiger partial charge is 0.194 e. The highest BCUT2D eigenvalue weighted by molar-refractivity contribution is 5.80. The molecule has 0 aliphatic carbocycles. The molecule has 1 saturated heterocycles. The van der Waals surface area contributed by atoms with E-state index >= 15 is 0 Å². The predicted molar refractivity (Wildman–Crippen MR) is 113 cm³/mol. The van der Waals surface area contributed by atoms with Gasteiger partial charge in [-0.1, -0.05) is 18.2 Å². The van der Waals surface area contributed by atoms with Gasteiger partial charge in [-0.2, -0.15) is 0 Å². The average molecular weight is 395 g/mol. The van der Waals surface area contributed by atoms with E-state index in [0.717, 1.165) is 56.6 Å². The number of hydrogen-bond donors (Lipinski definition) is 1. The van der Waals surface area contributed by atoms with Crippen molar-refractivity contribution in [1.29, 1.82) is 0 Å². The van der Waals surface area contributed by atoms with Gasteiger partial charge in [0.05, 0.1) is 5.69 Å². The lowest BCUT2D eigenvalue weighted by molar-refractivity contribution is 0.371. The number of halogens is 1. The second-order valence-electron chi connectivity index (χ2n) is 6.96. The Morgan fingerprint density at radius 2 is 1.86 bits per heavy atom. The molecular formula is C21H26FN7. The van der Waals surface area contributed by atoms with Gasteiger partial charge < -0.3 is 15.1 Å². The molecular weight excluding hydrogens is 369 g/mol. The molecule has 1 aliphatic rings. The maximum Gasteiger partial charge on any atom is 0.194 e. The molecule has 4 rings (SSSR count). The van der Waals surface area contributed by atoms with E-state index in [-0.39, 0.29) is 5.82 Å². The largest absolute Gasteiger partial charge is 0.366 e. The van der Waals surface area contributed by atoms with E-state index in [1.807, 2.05) is 40.9 Å². The van der Waals surface area contributed by atoms with Gasteiger partial charge in [0, 0.05) is 51.9 Å². The lowest BCUT2D eigenvalue weighted by Crippen LogP contribution is -2.52. The zero-order valence-electron chi connectivity index (χ0n) is 16.6. The Kier molecular flexibility index (Phi) is 5.88. The van der Waals surface area contributed by atoms with Crippen LogP contribution in [0, 0.1) is 5.82 Å². The number of anilines is 1. The number of aliphatic imine (C=N–C) groups is 1. The molecule has 7 nitrogen and oxygen atoms in total. The third-order valence-electron chi connectivity index (χ3n) is 5.09. The number of guanidine groups is 1. The quantitative estimate of drug-likeness (QED) is 0.530. The fourth-order valence-corrected chi connectivity index (χ4v) is 3.62. The van der Waals surface area contributed by atoms with Crippen molar-refractivity contribution >= 4 is 17.3 Å². The number of benzene rings is 1. The molecule has 0 spiro atoms. The van der Waals surface area contributed by atoms with E-state index in [2.05, 4.69) is 32.2 Å². The molecule has 1 aromatic carbocycles. The van der Waals surface area contributed by atoms with Gasteiger partial charge in [-0.05, 0) is 31.2 Å². The van der Waals surface area contributed by atoms with Gasteiger partial charge in [0.25, 0.3) is 0 Å². The molecule has 2 aromatic heterocycles. The number of nitrogens with one attached hydrogen (secondary N) is 1. The summed E-state index contributed by atoms with van der Waals surface area (Å²) in [5.74, 6) is 1.64. The van der Waals surface area contributed by atoms with Gasteiger partial charge in [0.15, 0.2) is 11.6 Å². The number of aromatic nitrogens is 3. The SMILES string of the molecule is CCNC(=NCCc1nnc2ccccn12)N1CCN(c2ccccc2F)CC1. The van der Waals surface area contributed by atoms with Crippen molar-refractivity contribution in [3.8, 4) is 0 Å². The van der Waals surface area contributed by atoms with Gasteiger partial charge in [-0.3, -0.25) is 9.39 Å². The van der Waals surface area contributed by atoms with Crippen molar-refractivity contribution in [3.05, 3.63) is 60.3 Å². The van der Waals surface area contributed by atoms with E-state index in [9.17, 15) is 4.39 Å². The van der Waals surface area contributed by atoms with Gasteiger partial charge in [0.1, 0.15) is 11.6 Å². The summed E-state index contributed by atoms with van der Waals surface area (Å²) in [6.07, 6.45) is 2.69. The van der Waals surface area contributed by atoms with Crippen molar-refractivity contribution in [2.75, 3.05) is 44.2 Å². The summed E-state index contributed by atoms with van der Waals surface area (Å²) in [7, 11) is 0. The number of piperazine rings is 1. The van der Waals surface area contributed by atoms with Crippen LogP contribution in [0.1, 0.15) is 12.7 Å². The van der Waals surface area contributed by atoms with Crippen LogP contribution >= 0.6 is 0 Å². The summed E-state index contributed by atoms with van der Waals surface area (Å²) in [4.78, 5) is 9.13. The molecule has 29 heavy (non-hydrogen) atoms. The third-order valence-corrected chi connectivity index (χ3v) is 5.09. The van der Waals surface area contributed by atoms with Crippen molar-refractivity contribution < 1.29 is 4.39 Å². The first kappa shape index (κ1) is 19.2. The molecule has 1 fully saturated rings. The molecule has 0 amide bonds.